The smallest absolute Gasteiger partial charge is 0.129 e. The Kier molecular flexibility index (Phi) is 3.34. The van der Waals surface area contributed by atoms with E-state index in [1.165, 1.54) is 0 Å². The van der Waals surface area contributed by atoms with Crippen LogP contribution >= 0.6 is 27.5 Å². The van der Waals surface area contributed by atoms with Gasteiger partial charge in [0.2, 0.25) is 0 Å². The lowest BCUT2D eigenvalue weighted by Gasteiger charge is -2.06. The lowest BCUT2D eigenvalue weighted by atomic mass is 10.1. The van der Waals surface area contributed by atoms with Gasteiger partial charge in [0, 0.05) is 35.0 Å². The SMILES string of the molecule is Clc1cc(CBr)c(-c2cccnc2)cn1. The topological polar surface area (TPSA) is 25.8 Å². The molecule has 0 aliphatic heterocycles. The van der Waals surface area contributed by atoms with Crippen LogP contribution in [-0.4, -0.2) is 9.97 Å². The van der Waals surface area contributed by atoms with Gasteiger partial charge in [0.15, 0.2) is 0 Å². The Morgan fingerprint density at radius 3 is 2.87 bits per heavy atom. The third kappa shape index (κ3) is 2.36. The van der Waals surface area contributed by atoms with Crippen molar-refractivity contribution in [2.45, 2.75) is 5.33 Å². The zero-order valence-electron chi connectivity index (χ0n) is 7.82. The minimum atomic E-state index is 0.511. The van der Waals surface area contributed by atoms with Gasteiger partial charge in [-0.3, -0.25) is 4.98 Å². The summed E-state index contributed by atoms with van der Waals surface area (Å²) in [6.07, 6.45) is 5.34. The predicted octanol–water partition coefficient (Wildman–Crippen LogP) is 3.69. The summed E-state index contributed by atoms with van der Waals surface area (Å²) in [5, 5.41) is 1.26. The highest BCUT2D eigenvalue weighted by Crippen LogP contribution is 2.25. The third-order valence-corrected chi connectivity index (χ3v) is 2.88. The predicted molar refractivity (Wildman–Crippen MR) is 65.1 cm³/mol. The van der Waals surface area contributed by atoms with E-state index in [4.69, 9.17) is 11.6 Å². The number of pyridine rings is 2. The van der Waals surface area contributed by atoms with Crippen molar-refractivity contribution in [1.82, 2.24) is 9.97 Å². The molecule has 15 heavy (non-hydrogen) atoms. The van der Waals surface area contributed by atoms with Crippen molar-refractivity contribution in [3.63, 3.8) is 0 Å². The van der Waals surface area contributed by atoms with E-state index >= 15 is 0 Å². The molecule has 4 heteroatoms. The van der Waals surface area contributed by atoms with E-state index < -0.39 is 0 Å². The number of hydrogen-bond acceptors (Lipinski definition) is 2. The standard InChI is InChI=1S/C11H8BrClN2/c12-5-9-4-11(13)15-7-10(9)8-2-1-3-14-6-8/h1-4,6-7H,5H2. The molecule has 76 valence electrons. The average Bonchev–Trinajstić information content (AvgIpc) is 2.30. The second-order valence-corrected chi connectivity index (χ2v) is 3.99. The van der Waals surface area contributed by atoms with Gasteiger partial charge in [0.1, 0.15) is 5.15 Å². The first-order valence-electron chi connectivity index (χ1n) is 4.42. The quantitative estimate of drug-likeness (QED) is 0.620. The molecule has 2 nitrogen and oxygen atoms in total. The molecule has 0 aliphatic rings. The van der Waals surface area contributed by atoms with Gasteiger partial charge >= 0.3 is 0 Å². The molecule has 0 N–H and O–H groups in total. The van der Waals surface area contributed by atoms with E-state index in [1.807, 2.05) is 24.4 Å². The summed E-state index contributed by atoms with van der Waals surface area (Å²) < 4.78 is 0. The monoisotopic (exact) mass is 282 g/mol. The molecule has 0 bridgehead atoms. The summed E-state index contributed by atoms with van der Waals surface area (Å²) in [6, 6.07) is 5.77. The van der Waals surface area contributed by atoms with Crippen molar-refractivity contribution in [3.05, 3.63) is 47.5 Å². The molecule has 2 heterocycles. The van der Waals surface area contributed by atoms with E-state index in [2.05, 4.69) is 25.9 Å². The van der Waals surface area contributed by atoms with Gasteiger partial charge in [-0.25, -0.2) is 4.98 Å². The van der Waals surface area contributed by atoms with Crippen LogP contribution in [0.3, 0.4) is 0 Å². The second kappa shape index (κ2) is 4.73. The van der Waals surface area contributed by atoms with Crippen molar-refractivity contribution in [3.8, 4) is 11.1 Å². The number of alkyl halides is 1. The molecule has 0 spiro atoms. The van der Waals surface area contributed by atoms with Gasteiger partial charge in [-0.1, -0.05) is 33.6 Å². The highest BCUT2D eigenvalue weighted by Gasteiger charge is 2.05. The first-order chi connectivity index (χ1) is 7.31. The van der Waals surface area contributed by atoms with E-state index in [0.29, 0.717) is 5.15 Å². The second-order valence-electron chi connectivity index (χ2n) is 3.04. The molecule has 2 aromatic rings. The zero-order valence-corrected chi connectivity index (χ0v) is 10.2. The van der Waals surface area contributed by atoms with Crippen molar-refractivity contribution in [2.75, 3.05) is 0 Å². The molecular weight excluding hydrogens is 275 g/mol. The van der Waals surface area contributed by atoms with Crippen molar-refractivity contribution >= 4 is 27.5 Å². The van der Waals surface area contributed by atoms with Crippen LogP contribution in [0.4, 0.5) is 0 Å². The molecule has 0 fully saturated rings. The first kappa shape index (κ1) is 10.6. The van der Waals surface area contributed by atoms with E-state index in [0.717, 1.165) is 22.0 Å². The molecule has 0 amide bonds. The Bertz CT molecular complexity index is 459. The van der Waals surface area contributed by atoms with Crippen molar-refractivity contribution in [1.29, 1.82) is 0 Å². The number of rotatable bonds is 2. The van der Waals surface area contributed by atoms with E-state index in [9.17, 15) is 0 Å². The maximum absolute atomic E-state index is 5.84. The number of nitrogens with zero attached hydrogens (tertiary/aromatic N) is 2. The van der Waals surface area contributed by atoms with E-state index in [1.54, 1.807) is 12.4 Å². The first-order valence-corrected chi connectivity index (χ1v) is 5.92. The molecule has 2 aromatic heterocycles. The Morgan fingerprint density at radius 2 is 2.20 bits per heavy atom. The summed E-state index contributed by atoms with van der Waals surface area (Å²) in [5.74, 6) is 0. The fraction of sp³-hybridized carbons (Fsp3) is 0.0909. The number of halogens is 2. The molecule has 2 rings (SSSR count). The summed E-state index contributed by atoms with van der Waals surface area (Å²) >= 11 is 9.27. The molecule has 0 aromatic carbocycles. The lowest BCUT2D eigenvalue weighted by molar-refractivity contribution is 1.26. The fourth-order valence-electron chi connectivity index (χ4n) is 1.36. The van der Waals surface area contributed by atoms with Crippen LogP contribution in [0.2, 0.25) is 5.15 Å². The van der Waals surface area contributed by atoms with Gasteiger partial charge in [0.25, 0.3) is 0 Å². The van der Waals surface area contributed by atoms with Gasteiger partial charge in [-0.15, -0.1) is 0 Å². The Labute approximate surface area is 101 Å². The number of aromatic nitrogens is 2. The third-order valence-electron chi connectivity index (χ3n) is 2.07. The van der Waals surface area contributed by atoms with Gasteiger partial charge in [-0.05, 0) is 17.7 Å². The Morgan fingerprint density at radius 1 is 1.33 bits per heavy atom. The van der Waals surface area contributed by atoms with Crippen molar-refractivity contribution < 1.29 is 0 Å². The highest BCUT2D eigenvalue weighted by atomic mass is 79.9. The lowest BCUT2D eigenvalue weighted by Crippen LogP contribution is -1.89. The van der Waals surface area contributed by atoms with Crippen LogP contribution in [0, 0.1) is 0 Å². The summed E-state index contributed by atoms with van der Waals surface area (Å²) in [6.45, 7) is 0. The largest absolute Gasteiger partial charge is 0.264 e. The molecule has 0 aliphatic carbocycles. The normalized spacial score (nSPS) is 10.3. The maximum atomic E-state index is 5.84. The highest BCUT2D eigenvalue weighted by molar-refractivity contribution is 9.08. The van der Waals surface area contributed by atoms with Crippen LogP contribution in [0.5, 0.6) is 0 Å². The van der Waals surface area contributed by atoms with Gasteiger partial charge in [0.05, 0.1) is 0 Å². The van der Waals surface area contributed by atoms with Crippen LogP contribution in [0.15, 0.2) is 36.8 Å². The molecular formula is C11H8BrClN2. The molecule has 0 saturated heterocycles. The van der Waals surface area contributed by atoms with Crippen LogP contribution in [-0.2, 0) is 5.33 Å². The zero-order chi connectivity index (χ0) is 10.7. The minimum absolute atomic E-state index is 0.511. The van der Waals surface area contributed by atoms with Crippen LogP contribution in [0.1, 0.15) is 5.56 Å². The van der Waals surface area contributed by atoms with Gasteiger partial charge < -0.3 is 0 Å². The van der Waals surface area contributed by atoms with Gasteiger partial charge in [-0.2, -0.15) is 0 Å². The van der Waals surface area contributed by atoms with E-state index in [-0.39, 0.29) is 0 Å². The molecule has 0 saturated carbocycles. The summed E-state index contributed by atoms with van der Waals surface area (Å²) in [7, 11) is 0. The maximum Gasteiger partial charge on any atom is 0.129 e. The summed E-state index contributed by atoms with van der Waals surface area (Å²) in [4.78, 5) is 8.16. The molecule has 0 unspecified atom stereocenters. The fourth-order valence-corrected chi connectivity index (χ4v) is 2.00. The number of hydrogen-bond donors (Lipinski definition) is 0. The minimum Gasteiger partial charge on any atom is -0.264 e. The van der Waals surface area contributed by atoms with Crippen LogP contribution in [0.25, 0.3) is 11.1 Å². The van der Waals surface area contributed by atoms with Crippen LogP contribution < -0.4 is 0 Å². The van der Waals surface area contributed by atoms with Crippen molar-refractivity contribution in [2.24, 2.45) is 0 Å². The average molecular weight is 284 g/mol. The molecule has 0 atom stereocenters. The summed E-state index contributed by atoms with van der Waals surface area (Å²) in [5.41, 5.74) is 3.23. The Balaban J connectivity index is 2.53. The molecule has 0 radical (unpaired) electrons. The Hall–Kier alpha value is -0.930.